The van der Waals surface area contributed by atoms with Crippen molar-refractivity contribution < 1.29 is 14.3 Å². The molecule has 1 heterocycles. The molecule has 1 aromatic carbocycles. The van der Waals surface area contributed by atoms with E-state index in [4.69, 9.17) is 9.47 Å². The molecule has 23 heavy (non-hydrogen) atoms. The highest BCUT2D eigenvalue weighted by atomic mass is 16.5. The zero-order valence-corrected chi connectivity index (χ0v) is 14.4. The fourth-order valence-corrected chi connectivity index (χ4v) is 2.96. The molecule has 0 radical (unpaired) electrons. The molecule has 1 N–H and O–H groups in total. The third-order valence-corrected chi connectivity index (χ3v) is 4.43. The lowest BCUT2D eigenvalue weighted by Gasteiger charge is -2.23. The molecule has 0 spiro atoms. The van der Waals surface area contributed by atoms with Gasteiger partial charge in [0.1, 0.15) is 11.5 Å². The highest BCUT2D eigenvalue weighted by molar-refractivity contribution is 5.78. The van der Waals surface area contributed by atoms with Gasteiger partial charge in [0.05, 0.1) is 20.8 Å². The second kappa shape index (κ2) is 8.77. The van der Waals surface area contributed by atoms with Crippen molar-refractivity contribution in [3.63, 3.8) is 0 Å². The number of amides is 1. The van der Waals surface area contributed by atoms with Gasteiger partial charge < -0.3 is 19.7 Å². The van der Waals surface area contributed by atoms with Gasteiger partial charge in [0.2, 0.25) is 5.91 Å². The summed E-state index contributed by atoms with van der Waals surface area (Å²) < 4.78 is 10.7. The monoisotopic (exact) mass is 320 g/mol. The SMILES string of the molecule is COc1ccc(C(C)NCC(=O)N2CCCCCC2)c(OC)c1. The minimum absolute atomic E-state index is 0.0341. The average molecular weight is 320 g/mol. The van der Waals surface area contributed by atoms with Crippen LogP contribution < -0.4 is 14.8 Å². The Labute approximate surface area is 139 Å². The van der Waals surface area contributed by atoms with Crippen LogP contribution in [0, 0.1) is 0 Å². The van der Waals surface area contributed by atoms with Gasteiger partial charge >= 0.3 is 0 Å². The Morgan fingerprint density at radius 3 is 2.48 bits per heavy atom. The Bertz CT molecular complexity index is 511. The lowest BCUT2D eigenvalue weighted by Crippen LogP contribution is -2.39. The van der Waals surface area contributed by atoms with Crippen molar-refractivity contribution in [1.29, 1.82) is 0 Å². The third kappa shape index (κ3) is 4.86. The number of ether oxygens (including phenoxy) is 2. The van der Waals surface area contributed by atoms with Gasteiger partial charge in [0.25, 0.3) is 0 Å². The zero-order valence-electron chi connectivity index (χ0n) is 14.4. The summed E-state index contributed by atoms with van der Waals surface area (Å²) in [5, 5.41) is 3.32. The molecule has 128 valence electrons. The zero-order chi connectivity index (χ0) is 16.7. The van der Waals surface area contributed by atoms with E-state index in [9.17, 15) is 4.79 Å². The van der Waals surface area contributed by atoms with Crippen molar-refractivity contribution in [2.45, 2.75) is 38.6 Å². The van der Waals surface area contributed by atoms with E-state index in [0.717, 1.165) is 43.0 Å². The summed E-state index contributed by atoms with van der Waals surface area (Å²) in [4.78, 5) is 14.3. The van der Waals surface area contributed by atoms with Crippen LogP contribution in [0.5, 0.6) is 11.5 Å². The summed E-state index contributed by atoms with van der Waals surface area (Å²) in [7, 11) is 3.28. The molecule has 0 saturated carbocycles. The Kier molecular flexibility index (Phi) is 6.71. The smallest absolute Gasteiger partial charge is 0.236 e. The van der Waals surface area contributed by atoms with Gasteiger partial charge in [-0.25, -0.2) is 0 Å². The number of nitrogens with one attached hydrogen (secondary N) is 1. The quantitative estimate of drug-likeness (QED) is 0.875. The van der Waals surface area contributed by atoms with E-state index in [0.29, 0.717) is 6.54 Å². The number of carbonyl (C=O) groups is 1. The normalized spacial score (nSPS) is 16.6. The average Bonchev–Trinajstić information content (AvgIpc) is 2.88. The molecule has 0 aromatic heterocycles. The molecule has 1 aliphatic rings. The molecule has 0 bridgehead atoms. The minimum Gasteiger partial charge on any atom is -0.497 e. The number of hydrogen-bond donors (Lipinski definition) is 1. The number of carbonyl (C=O) groups excluding carboxylic acids is 1. The van der Waals surface area contributed by atoms with Crippen molar-refractivity contribution in [2.24, 2.45) is 0 Å². The standard InChI is InChI=1S/C18H28N2O3/c1-14(16-9-8-15(22-2)12-17(16)23-3)19-13-18(21)20-10-6-4-5-7-11-20/h8-9,12,14,19H,4-7,10-11,13H2,1-3H3. The largest absolute Gasteiger partial charge is 0.497 e. The molecule has 5 heteroatoms. The molecule has 1 aliphatic heterocycles. The van der Waals surface area contributed by atoms with Gasteiger partial charge in [-0.3, -0.25) is 4.79 Å². The summed E-state index contributed by atoms with van der Waals surface area (Å²) in [6.07, 6.45) is 4.70. The molecule has 0 aliphatic carbocycles. The molecule has 1 atom stereocenters. The van der Waals surface area contributed by atoms with Gasteiger partial charge in [-0.05, 0) is 25.8 Å². The van der Waals surface area contributed by atoms with Gasteiger partial charge in [-0.2, -0.15) is 0 Å². The van der Waals surface area contributed by atoms with Gasteiger partial charge in [-0.15, -0.1) is 0 Å². The Morgan fingerprint density at radius 1 is 1.17 bits per heavy atom. The molecular weight excluding hydrogens is 292 g/mol. The van der Waals surface area contributed by atoms with Crippen LogP contribution in [-0.4, -0.2) is 44.7 Å². The molecule has 1 unspecified atom stereocenters. The third-order valence-electron chi connectivity index (χ3n) is 4.43. The van der Waals surface area contributed by atoms with Crippen molar-refractivity contribution in [1.82, 2.24) is 10.2 Å². The van der Waals surface area contributed by atoms with Crippen LogP contribution in [0.15, 0.2) is 18.2 Å². The van der Waals surface area contributed by atoms with Crippen LogP contribution in [0.3, 0.4) is 0 Å². The van der Waals surface area contributed by atoms with Gasteiger partial charge in [-0.1, -0.05) is 18.9 Å². The maximum atomic E-state index is 12.4. The molecule has 1 aromatic rings. The van der Waals surface area contributed by atoms with E-state index in [1.54, 1.807) is 14.2 Å². The predicted octanol–water partition coefficient (Wildman–Crippen LogP) is 2.76. The van der Waals surface area contributed by atoms with Crippen LogP contribution in [-0.2, 0) is 4.79 Å². The van der Waals surface area contributed by atoms with Crippen molar-refractivity contribution >= 4 is 5.91 Å². The van der Waals surface area contributed by atoms with E-state index < -0.39 is 0 Å². The van der Waals surface area contributed by atoms with E-state index in [1.165, 1.54) is 12.8 Å². The summed E-state index contributed by atoms with van der Waals surface area (Å²) in [6, 6.07) is 5.79. The summed E-state index contributed by atoms with van der Waals surface area (Å²) >= 11 is 0. The number of likely N-dealkylation sites (tertiary alicyclic amines) is 1. The first kappa shape index (κ1) is 17.6. The molecule has 1 fully saturated rings. The lowest BCUT2D eigenvalue weighted by atomic mass is 10.1. The Balaban J connectivity index is 1.93. The predicted molar refractivity (Wildman–Crippen MR) is 91.0 cm³/mol. The van der Waals surface area contributed by atoms with Crippen LogP contribution >= 0.6 is 0 Å². The number of nitrogens with zero attached hydrogens (tertiary/aromatic N) is 1. The fraction of sp³-hybridized carbons (Fsp3) is 0.611. The summed E-state index contributed by atoms with van der Waals surface area (Å²) in [6.45, 7) is 4.18. The lowest BCUT2D eigenvalue weighted by molar-refractivity contribution is -0.130. The van der Waals surface area contributed by atoms with Crippen LogP contribution in [0.2, 0.25) is 0 Å². The first-order valence-corrected chi connectivity index (χ1v) is 8.38. The molecule has 1 amide bonds. The topological polar surface area (TPSA) is 50.8 Å². The Morgan fingerprint density at radius 2 is 1.87 bits per heavy atom. The van der Waals surface area contributed by atoms with Gasteiger partial charge in [0, 0.05) is 30.8 Å². The maximum Gasteiger partial charge on any atom is 0.236 e. The van der Waals surface area contributed by atoms with Gasteiger partial charge in [0.15, 0.2) is 0 Å². The van der Waals surface area contributed by atoms with E-state index in [1.807, 2.05) is 30.0 Å². The summed E-state index contributed by atoms with van der Waals surface area (Å²) in [5.41, 5.74) is 1.02. The van der Waals surface area contributed by atoms with Crippen LogP contribution in [0.4, 0.5) is 0 Å². The van der Waals surface area contributed by atoms with Crippen molar-refractivity contribution in [3.8, 4) is 11.5 Å². The Hall–Kier alpha value is -1.75. The van der Waals surface area contributed by atoms with E-state index >= 15 is 0 Å². The molecule has 5 nitrogen and oxygen atoms in total. The van der Waals surface area contributed by atoms with Crippen LogP contribution in [0.25, 0.3) is 0 Å². The maximum absolute atomic E-state index is 12.4. The first-order chi connectivity index (χ1) is 11.2. The van der Waals surface area contributed by atoms with Crippen LogP contribution in [0.1, 0.15) is 44.2 Å². The van der Waals surface area contributed by atoms with Crippen molar-refractivity contribution in [3.05, 3.63) is 23.8 Å². The molecule has 2 rings (SSSR count). The minimum atomic E-state index is 0.0341. The van der Waals surface area contributed by atoms with E-state index in [2.05, 4.69) is 5.32 Å². The highest BCUT2D eigenvalue weighted by Crippen LogP contribution is 2.29. The second-order valence-corrected chi connectivity index (χ2v) is 6.01. The second-order valence-electron chi connectivity index (χ2n) is 6.01. The molecular formula is C18H28N2O3. The molecule has 1 saturated heterocycles. The number of hydrogen-bond acceptors (Lipinski definition) is 4. The van der Waals surface area contributed by atoms with E-state index in [-0.39, 0.29) is 11.9 Å². The number of methoxy groups -OCH3 is 2. The number of rotatable bonds is 6. The summed E-state index contributed by atoms with van der Waals surface area (Å²) in [5.74, 6) is 1.72. The fourth-order valence-electron chi connectivity index (χ4n) is 2.96. The number of benzene rings is 1. The first-order valence-electron chi connectivity index (χ1n) is 8.38. The highest BCUT2D eigenvalue weighted by Gasteiger charge is 2.18. The van der Waals surface area contributed by atoms with Crippen molar-refractivity contribution in [2.75, 3.05) is 33.9 Å².